The Morgan fingerprint density at radius 2 is 2.08 bits per heavy atom. The summed E-state index contributed by atoms with van der Waals surface area (Å²) in [6.07, 6.45) is 5.47. The summed E-state index contributed by atoms with van der Waals surface area (Å²) in [5, 5.41) is 29.7. The predicted molar refractivity (Wildman–Crippen MR) is 143 cm³/mol. The fraction of sp³-hybridized carbons (Fsp3) is 0.333. The number of amides is 1. The second kappa shape index (κ2) is 12.3. The zero-order valence-corrected chi connectivity index (χ0v) is 21.5. The summed E-state index contributed by atoms with van der Waals surface area (Å²) >= 11 is 0. The van der Waals surface area contributed by atoms with E-state index in [0.717, 1.165) is 24.4 Å². The Morgan fingerprint density at radius 3 is 2.92 bits per heavy atom. The smallest absolute Gasteiger partial charge is 0.246 e. The molecular formula is C27H29F2N7O4. The summed E-state index contributed by atoms with van der Waals surface area (Å²) in [6.45, 7) is 1.59. The second-order valence-corrected chi connectivity index (χ2v) is 9.53. The molecule has 210 valence electrons. The zero-order chi connectivity index (χ0) is 28.1. The molecule has 1 fully saturated rings. The third-order valence-electron chi connectivity index (χ3n) is 6.61. The van der Waals surface area contributed by atoms with E-state index in [4.69, 9.17) is 4.74 Å². The number of likely N-dealkylation sites (tertiary alicyclic amines) is 1. The van der Waals surface area contributed by atoms with E-state index < -0.39 is 23.6 Å². The van der Waals surface area contributed by atoms with E-state index in [1.807, 2.05) is 18.2 Å². The average Bonchev–Trinajstić information content (AvgIpc) is 3.54. The van der Waals surface area contributed by atoms with Crippen LogP contribution in [0.25, 0.3) is 10.9 Å². The molecule has 11 nitrogen and oxygen atoms in total. The van der Waals surface area contributed by atoms with Crippen LogP contribution in [-0.4, -0.2) is 79.2 Å². The van der Waals surface area contributed by atoms with E-state index >= 15 is 0 Å². The Balaban J connectivity index is 1.16. The van der Waals surface area contributed by atoms with Gasteiger partial charge in [-0.25, -0.2) is 18.7 Å². The maximum Gasteiger partial charge on any atom is 0.246 e. The van der Waals surface area contributed by atoms with E-state index in [9.17, 15) is 23.8 Å². The minimum atomic E-state index is -1.12. The van der Waals surface area contributed by atoms with Gasteiger partial charge in [0, 0.05) is 36.8 Å². The molecule has 2 aromatic heterocycles. The van der Waals surface area contributed by atoms with Crippen LogP contribution in [0.2, 0.25) is 0 Å². The van der Waals surface area contributed by atoms with Gasteiger partial charge in [-0.15, -0.1) is 0 Å². The molecule has 1 aliphatic rings. The number of hydrogen-bond acceptors (Lipinski definition) is 9. The first-order chi connectivity index (χ1) is 19.4. The van der Waals surface area contributed by atoms with Crippen molar-refractivity contribution in [3.05, 3.63) is 66.8 Å². The van der Waals surface area contributed by atoms with Crippen LogP contribution in [0.1, 0.15) is 12.8 Å². The molecule has 0 aliphatic carbocycles. The highest BCUT2D eigenvalue weighted by atomic mass is 19.2. The molecule has 0 spiro atoms. The molecule has 0 saturated carbocycles. The molecular weight excluding hydrogens is 524 g/mol. The summed E-state index contributed by atoms with van der Waals surface area (Å²) in [5.41, 5.74) is 0.994. The average molecular weight is 554 g/mol. The van der Waals surface area contributed by atoms with E-state index in [1.54, 1.807) is 6.20 Å². The zero-order valence-electron chi connectivity index (χ0n) is 21.5. The quantitative estimate of drug-likeness (QED) is 0.207. The number of aliphatic hydroxyl groups excluding tert-OH is 2. The van der Waals surface area contributed by atoms with Crippen molar-refractivity contribution < 1.29 is 28.5 Å². The van der Waals surface area contributed by atoms with Gasteiger partial charge in [-0.1, -0.05) is 6.07 Å². The Bertz CT molecular complexity index is 1480. The lowest BCUT2D eigenvalue weighted by atomic mass is 10.2. The van der Waals surface area contributed by atoms with Crippen molar-refractivity contribution >= 4 is 34.0 Å². The highest BCUT2D eigenvalue weighted by molar-refractivity contribution is 5.92. The van der Waals surface area contributed by atoms with Crippen LogP contribution in [0.4, 0.5) is 26.0 Å². The summed E-state index contributed by atoms with van der Waals surface area (Å²) in [7, 11) is 0. The number of β-amino-alcohol motifs (C(OH)–C–C–N with tert-alkyl or cyclic N) is 1. The van der Waals surface area contributed by atoms with Crippen LogP contribution in [-0.2, 0) is 11.3 Å². The summed E-state index contributed by atoms with van der Waals surface area (Å²) in [5.74, 6) is -1.54. The van der Waals surface area contributed by atoms with E-state index in [1.165, 1.54) is 29.3 Å². The molecule has 13 heteroatoms. The number of nitrogens with one attached hydrogen (secondary N) is 2. The van der Waals surface area contributed by atoms with Crippen LogP contribution in [0, 0.1) is 11.6 Å². The fourth-order valence-corrected chi connectivity index (χ4v) is 4.69. The normalized spacial score (nSPS) is 17.3. The number of carbonyl (C=O) groups is 1. The van der Waals surface area contributed by atoms with Crippen LogP contribution in [0.5, 0.6) is 5.75 Å². The van der Waals surface area contributed by atoms with Gasteiger partial charge in [-0.05, 0) is 37.1 Å². The van der Waals surface area contributed by atoms with Crippen molar-refractivity contribution in [2.75, 3.05) is 36.9 Å². The van der Waals surface area contributed by atoms with Gasteiger partial charge in [0.15, 0.2) is 11.6 Å². The molecule has 0 unspecified atom stereocenters. The monoisotopic (exact) mass is 553 g/mol. The first-order valence-electron chi connectivity index (χ1n) is 12.8. The van der Waals surface area contributed by atoms with Gasteiger partial charge in [0.2, 0.25) is 5.91 Å². The molecule has 5 rings (SSSR count). The third-order valence-corrected chi connectivity index (χ3v) is 6.61. The molecule has 40 heavy (non-hydrogen) atoms. The molecule has 3 heterocycles. The molecule has 2 atom stereocenters. The molecule has 4 N–H and O–H groups in total. The van der Waals surface area contributed by atoms with Crippen molar-refractivity contribution in [3.8, 4) is 5.75 Å². The number of aliphatic hydroxyl groups is 2. The van der Waals surface area contributed by atoms with Crippen molar-refractivity contribution in [1.29, 1.82) is 0 Å². The van der Waals surface area contributed by atoms with Gasteiger partial charge < -0.3 is 25.6 Å². The number of aromatic nitrogens is 4. The van der Waals surface area contributed by atoms with E-state index in [-0.39, 0.29) is 24.9 Å². The molecule has 4 aromatic rings. The van der Waals surface area contributed by atoms with E-state index in [0.29, 0.717) is 42.3 Å². The highest BCUT2D eigenvalue weighted by Gasteiger charge is 2.29. The van der Waals surface area contributed by atoms with Gasteiger partial charge in [0.05, 0.1) is 42.4 Å². The number of hydrogen-bond donors (Lipinski definition) is 4. The number of fused-ring (bicyclic) bond motifs is 1. The Kier molecular flexibility index (Phi) is 8.43. The maximum atomic E-state index is 13.8. The molecule has 1 aliphatic heterocycles. The summed E-state index contributed by atoms with van der Waals surface area (Å²) in [6, 6.07) is 9.03. The molecule has 0 radical (unpaired) electrons. The van der Waals surface area contributed by atoms with Gasteiger partial charge in [0.1, 0.15) is 24.4 Å². The van der Waals surface area contributed by atoms with Crippen LogP contribution in [0.15, 0.2) is 55.1 Å². The lowest BCUT2D eigenvalue weighted by Crippen LogP contribution is -2.33. The van der Waals surface area contributed by atoms with Crippen LogP contribution in [0.3, 0.4) is 0 Å². The number of ether oxygens (including phenoxy) is 1. The number of anilines is 3. The maximum absolute atomic E-state index is 13.8. The topological polar surface area (TPSA) is 138 Å². The lowest BCUT2D eigenvalue weighted by molar-refractivity contribution is -0.116. The van der Waals surface area contributed by atoms with Gasteiger partial charge in [0.25, 0.3) is 0 Å². The van der Waals surface area contributed by atoms with Gasteiger partial charge in [-0.2, -0.15) is 5.10 Å². The first-order valence-corrected chi connectivity index (χ1v) is 12.8. The van der Waals surface area contributed by atoms with Crippen LogP contribution < -0.4 is 15.4 Å². The Hall–Kier alpha value is -4.20. The van der Waals surface area contributed by atoms with Crippen LogP contribution >= 0.6 is 0 Å². The molecule has 0 bridgehead atoms. The minimum Gasteiger partial charge on any atom is -0.493 e. The third kappa shape index (κ3) is 6.50. The number of rotatable bonds is 11. The minimum absolute atomic E-state index is 0.00708. The van der Waals surface area contributed by atoms with Crippen molar-refractivity contribution in [2.24, 2.45) is 0 Å². The first kappa shape index (κ1) is 27.4. The van der Waals surface area contributed by atoms with Gasteiger partial charge in [-0.3, -0.25) is 14.4 Å². The number of nitrogens with zero attached hydrogens (tertiary/aromatic N) is 5. The predicted octanol–water partition coefficient (Wildman–Crippen LogP) is 2.68. The van der Waals surface area contributed by atoms with Gasteiger partial charge >= 0.3 is 0 Å². The second-order valence-electron chi connectivity index (χ2n) is 9.53. The molecule has 2 aromatic carbocycles. The SMILES string of the molecule is O=C(Cn1cc(Nc2ncnc3cc(OCCCN4C[C@H](O)C[C@H]4CO)ccc23)cn1)Nc1cccc(F)c1F. The number of halogens is 2. The number of benzene rings is 2. The standard InChI is InChI=1S/C27H29F2N7O4/c28-22-3-1-4-23(26(22)29)34-25(39)14-36-12-17(11-32-36)33-27-21-6-5-20(10-24(21)30-16-31-27)40-8-2-7-35-13-19(38)9-18(35)15-37/h1,3-6,10-12,16,18-19,37-38H,2,7-9,13-15H2,(H,34,39)(H,30,31,33)/t18-,19+/m0/s1. The molecule has 1 saturated heterocycles. The fourth-order valence-electron chi connectivity index (χ4n) is 4.69. The summed E-state index contributed by atoms with van der Waals surface area (Å²) < 4.78 is 34.4. The largest absolute Gasteiger partial charge is 0.493 e. The van der Waals surface area contributed by atoms with Crippen molar-refractivity contribution in [2.45, 2.75) is 31.5 Å². The van der Waals surface area contributed by atoms with E-state index in [2.05, 4.69) is 30.6 Å². The Morgan fingerprint density at radius 1 is 1.20 bits per heavy atom. The Labute approximate surface area is 228 Å². The lowest BCUT2D eigenvalue weighted by Gasteiger charge is -2.22. The molecule has 1 amide bonds. The van der Waals surface area contributed by atoms with Crippen molar-refractivity contribution in [1.82, 2.24) is 24.6 Å². The van der Waals surface area contributed by atoms with Crippen molar-refractivity contribution in [3.63, 3.8) is 0 Å². The summed E-state index contributed by atoms with van der Waals surface area (Å²) in [4.78, 5) is 23.0. The number of carbonyl (C=O) groups excluding carboxylic acids is 1. The highest BCUT2D eigenvalue weighted by Crippen LogP contribution is 2.26.